The Bertz CT molecular complexity index is 1880. The number of sulfonamides is 1. The summed E-state index contributed by atoms with van der Waals surface area (Å²) in [5.74, 6) is -1.74. The summed E-state index contributed by atoms with van der Waals surface area (Å²) in [6, 6.07) is 4.05. The molecule has 4 heterocycles. The van der Waals surface area contributed by atoms with Crippen molar-refractivity contribution in [3.05, 3.63) is 47.7 Å². The van der Waals surface area contributed by atoms with Crippen molar-refractivity contribution in [1.82, 2.24) is 30.6 Å². The normalized spacial score (nSPS) is 27.8. The summed E-state index contributed by atoms with van der Waals surface area (Å²) in [5, 5.41) is 9.51. The lowest BCUT2D eigenvalue weighted by atomic mass is 9.87. The van der Waals surface area contributed by atoms with Gasteiger partial charge in [0, 0.05) is 29.3 Å². The van der Waals surface area contributed by atoms with Crippen molar-refractivity contribution in [3.8, 4) is 5.75 Å². The number of amides is 5. The second kappa shape index (κ2) is 14.7. The Labute approximate surface area is 306 Å². The van der Waals surface area contributed by atoms with Crippen LogP contribution in [0.5, 0.6) is 5.75 Å². The summed E-state index contributed by atoms with van der Waals surface area (Å²) in [6.45, 7) is 8.99. The SMILES string of the molecule is Cc1nc2ccccc2c2c1OC1(CC2)CC2C(=O)NC(C(=O)NS(=O)(=O)C3(C)CC3)C(C)C=CCCCCCC(NC(=O)NC(C)C)C(=O)N2C1. The van der Waals surface area contributed by atoms with E-state index in [1.807, 2.05) is 57.2 Å². The third-order valence-corrected chi connectivity index (χ3v) is 13.2. The van der Waals surface area contributed by atoms with Crippen LogP contribution < -0.4 is 25.4 Å². The molecule has 1 aromatic carbocycles. The number of aryl methyl sites for hydroxylation is 2. The fraction of sp³-hybridized carbons (Fsp3) is 0.605. The zero-order valence-corrected chi connectivity index (χ0v) is 31.6. The van der Waals surface area contributed by atoms with Crippen molar-refractivity contribution < 1.29 is 32.3 Å². The number of nitrogens with one attached hydrogen (secondary N) is 4. The number of ether oxygens (including phenoxy) is 1. The van der Waals surface area contributed by atoms with Crippen LogP contribution in [0.3, 0.4) is 0 Å². The van der Waals surface area contributed by atoms with E-state index in [-0.39, 0.29) is 19.0 Å². The molecule has 5 amide bonds. The first kappa shape index (κ1) is 37.6. The largest absolute Gasteiger partial charge is 0.483 e. The highest BCUT2D eigenvalue weighted by molar-refractivity contribution is 7.91. The minimum Gasteiger partial charge on any atom is -0.483 e. The minimum absolute atomic E-state index is 0.0820. The summed E-state index contributed by atoms with van der Waals surface area (Å²) in [5.41, 5.74) is 1.66. The number of hydrogen-bond donors (Lipinski definition) is 4. The van der Waals surface area contributed by atoms with Crippen molar-refractivity contribution >= 4 is 44.7 Å². The lowest BCUT2D eigenvalue weighted by molar-refractivity contribution is -0.141. The molecule has 6 rings (SSSR count). The maximum atomic E-state index is 14.6. The van der Waals surface area contributed by atoms with E-state index < -0.39 is 68.2 Å². The first-order valence-electron chi connectivity index (χ1n) is 18.6. The molecule has 1 aliphatic carbocycles. The topological polar surface area (TPSA) is 176 Å². The molecule has 5 atom stereocenters. The van der Waals surface area contributed by atoms with Gasteiger partial charge in [-0.05, 0) is 78.7 Å². The Morgan fingerprint density at radius 1 is 1.10 bits per heavy atom. The van der Waals surface area contributed by atoms with Gasteiger partial charge in [-0.1, -0.05) is 50.1 Å². The van der Waals surface area contributed by atoms with Crippen LogP contribution in [0.1, 0.15) is 96.7 Å². The minimum atomic E-state index is -3.98. The number of carbonyl (C=O) groups is 4. The molecule has 1 saturated carbocycles. The zero-order chi connectivity index (χ0) is 37.4. The molecule has 4 aliphatic rings. The number of aromatic nitrogens is 1. The smallest absolute Gasteiger partial charge is 0.315 e. The fourth-order valence-corrected chi connectivity index (χ4v) is 8.93. The van der Waals surface area contributed by atoms with Crippen molar-refractivity contribution in [3.63, 3.8) is 0 Å². The van der Waals surface area contributed by atoms with Gasteiger partial charge in [0.2, 0.25) is 21.8 Å². The molecule has 52 heavy (non-hydrogen) atoms. The molecule has 1 saturated heterocycles. The van der Waals surface area contributed by atoms with Crippen LogP contribution in [0.2, 0.25) is 0 Å². The van der Waals surface area contributed by atoms with Crippen molar-refractivity contribution in [2.45, 2.75) is 133 Å². The van der Waals surface area contributed by atoms with Crippen LogP contribution in [0.25, 0.3) is 10.9 Å². The third-order valence-electron chi connectivity index (χ3n) is 11.0. The van der Waals surface area contributed by atoms with E-state index in [0.717, 1.165) is 29.3 Å². The van der Waals surface area contributed by atoms with Crippen molar-refractivity contribution in [1.29, 1.82) is 0 Å². The maximum Gasteiger partial charge on any atom is 0.315 e. The summed E-state index contributed by atoms with van der Waals surface area (Å²) < 4.78 is 34.3. The second-order valence-corrected chi connectivity index (χ2v) is 17.8. The molecule has 2 aromatic rings. The van der Waals surface area contributed by atoms with E-state index in [2.05, 4.69) is 20.7 Å². The van der Waals surface area contributed by atoms with Crippen molar-refractivity contribution in [2.24, 2.45) is 5.92 Å². The second-order valence-electron chi connectivity index (χ2n) is 15.6. The lowest BCUT2D eigenvalue weighted by Gasteiger charge is -2.36. The van der Waals surface area contributed by atoms with Gasteiger partial charge in [0.05, 0.1) is 22.5 Å². The van der Waals surface area contributed by atoms with Gasteiger partial charge in [-0.2, -0.15) is 0 Å². The number of pyridine rings is 1. The highest BCUT2D eigenvalue weighted by Crippen LogP contribution is 2.45. The predicted octanol–water partition coefficient (Wildman–Crippen LogP) is 3.92. The van der Waals surface area contributed by atoms with Crippen LogP contribution in [0, 0.1) is 12.8 Å². The van der Waals surface area contributed by atoms with Crippen LogP contribution in [-0.2, 0) is 30.8 Å². The van der Waals surface area contributed by atoms with Gasteiger partial charge in [0.25, 0.3) is 5.91 Å². The van der Waals surface area contributed by atoms with Gasteiger partial charge in [0.1, 0.15) is 29.5 Å². The van der Waals surface area contributed by atoms with E-state index in [9.17, 15) is 27.6 Å². The molecular formula is C38H52N6O7S. The highest BCUT2D eigenvalue weighted by atomic mass is 32.2. The number of para-hydroxylation sites is 1. The molecule has 1 aromatic heterocycles. The van der Waals surface area contributed by atoms with E-state index in [0.29, 0.717) is 56.4 Å². The average molecular weight is 737 g/mol. The summed E-state index contributed by atoms with van der Waals surface area (Å²) in [7, 11) is -3.98. The Kier molecular flexibility index (Phi) is 10.6. The number of hydrogen-bond acceptors (Lipinski definition) is 8. The zero-order valence-electron chi connectivity index (χ0n) is 30.8. The molecule has 14 heteroatoms. The third kappa shape index (κ3) is 7.77. The summed E-state index contributed by atoms with van der Waals surface area (Å²) >= 11 is 0. The van der Waals surface area contributed by atoms with Crippen LogP contribution >= 0.6 is 0 Å². The predicted molar refractivity (Wildman–Crippen MR) is 197 cm³/mol. The molecule has 13 nitrogen and oxygen atoms in total. The molecular weight excluding hydrogens is 685 g/mol. The van der Waals surface area contributed by atoms with E-state index in [1.54, 1.807) is 13.8 Å². The van der Waals surface area contributed by atoms with Gasteiger partial charge >= 0.3 is 6.03 Å². The number of rotatable bonds is 5. The molecule has 1 spiro atoms. The Hall–Kier alpha value is -4.20. The van der Waals surface area contributed by atoms with Crippen molar-refractivity contribution in [2.75, 3.05) is 6.54 Å². The average Bonchev–Trinajstić information content (AvgIpc) is 3.75. The number of allylic oxidation sites excluding steroid dienone is 1. The van der Waals surface area contributed by atoms with Crippen LogP contribution in [-0.4, -0.2) is 83.1 Å². The number of nitrogens with zero attached hydrogens (tertiary/aromatic N) is 2. The van der Waals surface area contributed by atoms with Crippen LogP contribution in [0.15, 0.2) is 36.4 Å². The Morgan fingerprint density at radius 3 is 2.58 bits per heavy atom. The Morgan fingerprint density at radius 2 is 1.85 bits per heavy atom. The number of carbonyl (C=O) groups excluding carboxylic acids is 4. The lowest BCUT2D eigenvalue weighted by Crippen LogP contribution is -2.58. The first-order chi connectivity index (χ1) is 24.6. The molecule has 4 N–H and O–H groups in total. The van der Waals surface area contributed by atoms with Crippen LogP contribution in [0.4, 0.5) is 4.79 Å². The number of fused-ring (bicyclic) bond motifs is 4. The molecule has 0 bridgehead atoms. The molecule has 2 fully saturated rings. The number of urea groups is 1. The highest BCUT2D eigenvalue weighted by Gasteiger charge is 2.54. The molecule has 282 valence electrons. The quantitative estimate of drug-likeness (QED) is 0.334. The van der Waals surface area contributed by atoms with Gasteiger partial charge in [-0.25, -0.2) is 18.2 Å². The van der Waals surface area contributed by atoms with E-state index in [4.69, 9.17) is 9.72 Å². The van der Waals surface area contributed by atoms with Gasteiger partial charge in [-0.3, -0.25) is 19.1 Å². The van der Waals surface area contributed by atoms with Gasteiger partial charge < -0.3 is 25.6 Å². The molecule has 5 unspecified atom stereocenters. The standard InChI is InChI=1S/C38H52N6O7S/c1-23(2)39-36(48)41-29-16-10-8-6-7-9-13-24(3)31(34(46)43-52(49,50)37(5)19-20-37)42-33(45)30-21-38(22-44(30)35(29)47)18-17-27-26-14-11-12-15-28(26)40-25(4)32(27)51-38/h9,11-15,23-24,29-31H,6-8,10,16-22H2,1-5H3,(H,42,45)(H,43,46)(H2,39,41,48). The van der Waals surface area contributed by atoms with E-state index >= 15 is 0 Å². The maximum absolute atomic E-state index is 14.6. The molecule has 3 aliphatic heterocycles. The Balaban J connectivity index is 1.35. The monoisotopic (exact) mass is 736 g/mol. The van der Waals surface area contributed by atoms with E-state index in [1.165, 1.54) is 4.90 Å². The molecule has 0 radical (unpaired) electrons. The summed E-state index contributed by atoms with van der Waals surface area (Å²) in [4.78, 5) is 62.0. The number of benzene rings is 1. The van der Waals surface area contributed by atoms with Gasteiger partial charge in [0.15, 0.2) is 0 Å². The van der Waals surface area contributed by atoms with Gasteiger partial charge in [-0.15, -0.1) is 0 Å². The first-order valence-corrected chi connectivity index (χ1v) is 20.1. The fourth-order valence-electron chi connectivity index (χ4n) is 7.65. The summed E-state index contributed by atoms with van der Waals surface area (Å²) in [6.07, 6.45) is 9.30.